The van der Waals surface area contributed by atoms with Crippen molar-refractivity contribution in [1.29, 1.82) is 0 Å². The van der Waals surface area contributed by atoms with Crippen molar-refractivity contribution in [3.05, 3.63) is 62.2 Å². The molecule has 1 heterocycles. The quantitative estimate of drug-likeness (QED) is 0.848. The number of sulfonamides is 1. The Bertz CT molecular complexity index is 959. The van der Waals surface area contributed by atoms with E-state index in [1.54, 1.807) is 0 Å². The molecule has 0 aliphatic rings. The molecule has 1 N–H and O–H groups in total. The minimum absolute atomic E-state index is 0.0460. The molecule has 9 heteroatoms. The van der Waals surface area contributed by atoms with E-state index in [1.807, 2.05) is 0 Å². The van der Waals surface area contributed by atoms with Crippen LogP contribution in [0.5, 0.6) is 0 Å². The molecule has 0 aliphatic heterocycles. The van der Waals surface area contributed by atoms with Gasteiger partial charge in [0.15, 0.2) is 4.90 Å². The zero-order valence-electron chi connectivity index (χ0n) is 12.8. The molecule has 0 aliphatic carbocycles. The molecule has 0 spiro atoms. The van der Waals surface area contributed by atoms with Crippen LogP contribution in [0, 0.1) is 12.7 Å². The van der Waals surface area contributed by atoms with E-state index in [4.69, 9.17) is 0 Å². The lowest BCUT2D eigenvalue weighted by molar-refractivity contribution is 0.566. The summed E-state index contributed by atoms with van der Waals surface area (Å²) in [6, 6.07) is 5.29. The molecular weight excluding hydrogens is 325 g/mol. The average Bonchev–Trinajstić information content (AvgIpc) is 2.50. The maximum Gasteiger partial charge on any atom is 0.330 e. The Kier molecular flexibility index (Phi) is 4.53. The summed E-state index contributed by atoms with van der Waals surface area (Å²) in [5, 5.41) is 0. The lowest BCUT2D eigenvalue weighted by Crippen LogP contribution is -2.43. The van der Waals surface area contributed by atoms with Crippen LogP contribution in [0.2, 0.25) is 0 Å². The van der Waals surface area contributed by atoms with Gasteiger partial charge in [-0.25, -0.2) is 22.3 Å². The maximum atomic E-state index is 12.8. The van der Waals surface area contributed by atoms with Crippen molar-refractivity contribution < 1.29 is 12.8 Å². The molecule has 0 radical (unpaired) electrons. The smallest absolute Gasteiger partial charge is 0.300 e. The van der Waals surface area contributed by atoms with Gasteiger partial charge < -0.3 is 0 Å². The summed E-state index contributed by atoms with van der Waals surface area (Å²) < 4.78 is 41.8. The zero-order valence-corrected chi connectivity index (χ0v) is 13.6. The summed E-state index contributed by atoms with van der Waals surface area (Å²) in [5.74, 6) is -0.431. The van der Waals surface area contributed by atoms with Gasteiger partial charge in [0.1, 0.15) is 5.82 Å². The number of benzene rings is 1. The third kappa shape index (κ3) is 3.25. The number of hydrogen-bond donors (Lipinski definition) is 1. The molecule has 0 unspecified atom stereocenters. The molecule has 0 atom stereocenters. The molecule has 0 amide bonds. The van der Waals surface area contributed by atoms with Crippen molar-refractivity contribution in [3.63, 3.8) is 0 Å². The van der Waals surface area contributed by atoms with Gasteiger partial charge in [0.2, 0.25) is 10.0 Å². The fraction of sp³-hybridized carbons (Fsp3) is 0.286. The molecule has 1 aromatic heterocycles. The van der Waals surface area contributed by atoms with Crippen molar-refractivity contribution >= 4 is 10.0 Å². The molecule has 0 saturated carbocycles. The largest absolute Gasteiger partial charge is 0.330 e. The first-order valence-corrected chi connectivity index (χ1v) is 8.14. The predicted molar refractivity (Wildman–Crippen MR) is 82.1 cm³/mol. The van der Waals surface area contributed by atoms with Crippen molar-refractivity contribution in [1.82, 2.24) is 13.9 Å². The van der Waals surface area contributed by atoms with Gasteiger partial charge >= 0.3 is 5.69 Å². The van der Waals surface area contributed by atoms with E-state index >= 15 is 0 Å². The van der Waals surface area contributed by atoms with Crippen LogP contribution >= 0.6 is 0 Å². The second-order valence-electron chi connectivity index (χ2n) is 5.07. The van der Waals surface area contributed by atoms with E-state index in [0.29, 0.717) is 5.56 Å². The summed E-state index contributed by atoms with van der Waals surface area (Å²) in [4.78, 5) is 23.4. The van der Waals surface area contributed by atoms with Gasteiger partial charge in [-0.05, 0) is 24.6 Å². The SMILES string of the molecule is Cc1c(S(=O)(=O)NCc2ccc(F)cc2)c(=O)n(C)c(=O)n1C. The van der Waals surface area contributed by atoms with E-state index in [-0.39, 0.29) is 12.2 Å². The number of nitrogens with one attached hydrogen (secondary N) is 1. The Labute approximate surface area is 132 Å². The Morgan fingerprint density at radius 2 is 1.65 bits per heavy atom. The minimum Gasteiger partial charge on any atom is -0.300 e. The lowest BCUT2D eigenvalue weighted by Gasteiger charge is -2.13. The third-order valence-corrected chi connectivity index (χ3v) is 5.08. The normalized spacial score (nSPS) is 11.7. The van der Waals surface area contributed by atoms with Gasteiger partial charge in [0.05, 0.1) is 0 Å². The van der Waals surface area contributed by atoms with Crippen LogP contribution in [0.1, 0.15) is 11.3 Å². The Morgan fingerprint density at radius 1 is 1.09 bits per heavy atom. The topological polar surface area (TPSA) is 90.2 Å². The summed E-state index contributed by atoms with van der Waals surface area (Å²) in [6.07, 6.45) is 0. The lowest BCUT2D eigenvalue weighted by atomic mass is 10.2. The second-order valence-corrected chi connectivity index (χ2v) is 6.78. The average molecular weight is 341 g/mol. The van der Waals surface area contributed by atoms with Gasteiger partial charge in [-0.15, -0.1) is 0 Å². The van der Waals surface area contributed by atoms with Gasteiger partial charge in [-0.3, -0.25) is 13.9 Å². The van der Waals surface area contributed by atoms with Crippen LogP contribution in [0.25, 0.3) is 0 Å². The van der Waals surface area contributed by atoms with Gasteiger partial charge in [-0.1, -0.05) is 12.1 Å². The molecule has 124 valence electrons. The van der Waals surface area contributed by atoms with Crippen LogP contribution in [0.15, 0.2) is 38.8 Å². The highest BCUT2D eigenvalue weighted by atomic mass is 32.2. The number of nitrogens with zero attached hydrogens (tertiary/aromatic N) is 2. The Hall–Kier alpha value is -2.26. The van der Waals surface area contributed by atoms with E-state index in [2.05, 4.69) is 4.72 Å². The Balaban J connectivity index is 2.43. The summed E-state index contributed by atoms with van der Waals surface area (Å²) >= 11 is 0. The first-order chi connectivity index (χ1) is 10.6. The molecule has 2 rings (SSSR count). The molecule has 1 aromatic carbocycles. The fourth-order valence-electron chi connectivity index (χ4n) is 2.08. The summed E-state index contributed by atoms with van der Waals surface area (Å²) in [7, 11) is -1.53. The van der Waals surface area contributed by atoms with Crippen molar-refractivity contribution in [2.75, 3.05) is 0 Å². The highest BCUT2D eigenvalue weighted by Crippen LogP contribution is 2.09. The zero-order chi connectivity index (χ0) is 17.4. The number of hydrogen-bond acceptors (Lipinski definition) is 4. The molecule has 0 saturated heterocycles. The third-order valence-electron chi connectivity index (χ3n) is 3.55. The second kappa shape index (κ2) is 6.09. The highest BCUT2D eigenvalue weighted by Gasteiger charge is 2.24. The van der Waals surface area contributed by atoms with Crippen molar-refractivity contribution in [2.45, 2.75) is 18.4 Å². The summed E-state index contributed by atoms with van der Waals surface area (Å²) in [5.41, 5.74) is -0.916. The minimum atomic E-state index is -4.13. The van der Waals surface area contributed by atoms with E-state index < -0.39 is 32.0 Å². The van der Waals surface area contributed by atoms with Crippen LogP contribution in [0.3, 0.4) is 0 Å². The first-order valence-electron chi connectivity index (χ1n) is 6.66. The van der Waals surface area contributed by atoms with Crippen LogP contribution < -0.4 is 16.0 Å². The number of rotatable bonds is 4. The van der Waals surface area contributed by atoms with E-state index in [0.717, 1.165) is 9.13 Å². The van der Waals surface area contributed by atoms with Gasteiger partial charge in [0.25, 0.3) is 5.56 Å². The monoisotopic (exact) mass is 341 g/mol. The first kappa shape index (κ1) is 17.1. The number of halogens is 1. The summed E-state index contributed by atoms with van der Waals surface area (Å²) in [6.45, 7) is 1.28. The van der Waals surface area contributed by atoms with Crippen molar-refractivity contribution in [3.8, 4) is 0 Å². The standard InChI is InChI=1S/C14H16FN3O4S/c1-9-12(13(19)18(3)14(20)17(9)2)23(21,22)16-8-10-4-6-11(15)7-5-10/h4-7,16H,8H2,1-3H3. The maximum absolute atomic E-state index is 12.8. The van der Waals surface area contributed by atoms with Gasteiger partial charge in [0, 0.05) is 26.3 Å². The molecule has 23 heavy (non-hydrogen) atoms. The molecule has 0 bridgehead atoms. The van der Waals surface area contributed by atoms with Gasteiger partial charge in [-0.2, -0.15) is 0 Å². The molecule has 0 fully saturated rings. The Morgan fingerprint density at radius 3 is 2.22 bits per heavy atom. The van der Waals surface area contributed by atoms with Crippen molar-refractivity contribution in [2.24, 2.45) is 14.1 Å². The van der Waals surface area contributed by atoms with E-state index in [9.17, 15) is 22.4 Å². The van der Waals surface area contributed by atoms with Crippen LogP contribution in [-0.4, -0.2) is 17.6 Å². The fourth-order valence-corrected chi connectivity index (χ4v) is 3.47. The molecule has 2 aromatic rings. The molecular formula is C14H16FN3O4S. The molecule has 7 nitrogen and oxygen atoms in total. The van der Waals surface area contributed by atoms with Crippen LogP contribution in [0.4, 0.5) is 4.39 Å². The predicted octanol–water partition coefficient (Wildman–Crippen LogP) is 0.0100. The number of aromatic nitrogens is 2. The highest BCUT2D eigenvalue weighted by molar-refractivity contribution is 7.89. The van der Waals surface area contributed by atoms with E-state index in [1.165, 1.54) is 45.3 Å². The van der Waals surface area contributed by atoms with Crippen LogP contribution in [-0.2, 0) is 30.7 Å².